The smallest absolute Gasteiger partial charge is 0.308 e. The molecule has 3 nitrogen and oxygen atoms in total. The molecule has 0 N–H and O–H groups in total. The molecule has 17 heavy (non-hydrogen) atoms. The summed E-state index contributed by atoms with van der Waals surface area (Å²) in [6, 6.07) is 6.27. The van der Waals surface area contributed by atoms with Gasteiger partial charge in [0.1, 0.15) is 6.67 Å². The lowest BCUT2D eigenvalue weighted by Gasteiger charge is -2.08. The molecule has 0 bridgehead atoms. The molecule has 0 aliphatic rings. The molecular formula is C13H15FO3. The highest BCUT2D eigenvalue weighted by Crippen LogP contribution is 2.12. The highest BCUT2D eigenvalue weighted by Gasteiger charge is 2.18. The molecule has 0 aliphatic carbocycles. The molecule has 0 fully saturated rings. The summed E-state index contributed by atoms with van der Waals surface area (Å²) in [7, 11) is 1.29. The Morgan fingerprint density at radius 3 is 2.35 bits per heavy atom. The van der Waals surface area contributed by atoms with Crippen molar-refractivity contribution in [2.45, 2.75) is 20.0 Å². The third kappa shape index (κ3) is 3.66. The Labute approximate surface area is 99.6 Å². The highest BCUT2D eigenvalue weighted by molar-refractivity contribution is 5.98. The van der Waals surface area contributed by atoms with E-state index >= 15 is 0 Å². The van der Waals surface area contributed by atoms with Crippen molar-refractivity contribution in [3.63, 3.8) is 0 Å². The molecule has 0 aromatic heterocycles. The van der Waals surface area contributed by atoms with Gasteiger partial charge in [-0.2, -0.15) is 0 Å². The normalized spacial score (nSPS) is 11.9. The number of Topliss-reactive ketones (excluding diaryl/α,β-unsaturated/α-hetero) is 1. The van der Waals surface area contributed by atoms with Crippen LogP contribution >= 0.6 is 0 Å². The Morgan fingerprint density at radius 2 is 1.88 bits per heavy atom. The molecule has 0 saturated heterocycles. The Bertz CT molecular complexity index is 398. The van der Waals surface area contributed by atoms with Crippen LogP contribution < -0.4 is 0 Å². The first-order valence-corrected chi connectivity index (χ1v) is 5.34. The average molecular weight is 238 g/mol. The van der Waals surface area contributed by atoms with Crippen molar-refractivity contribution in [3.05, 3.63) is 35.4 Å². The number of alkyl halides is 1. The van der Waals surface area contributed by atoms with Crippen molar-refractivity contribution in [1.82, 2.24) is 0 Å². The molecule has 0 amide bonds. The average Bonchev–Trinajstić information content (AvgIpc) is 2.37. The Kier molecular flexibility index (Phi) is 4.82. The first-order valence-electron chi connectivity index (χ1n) is 5.34. The van der Waals surface area contributed by atoms with E-state index in [-0.39, 0.29) is 12.2 Å². The number of rotatable bonds is 5. The summed E-state index contributed by atoms with van der Waals surface area (Å²) in [5.74, 6) is -1.01. The van der Waals surface area contributed by atoms with Gasteiger partial charge in [-0.15, -0.1) is 0 Å². The molecule has 92 valence electrons. The van der Waals surface area contributed by atoms with Crippen LogP contribution in [-0.4, -0.2) is 18.9 Å². The van der Waals surface area contributed by atoms with Crippen LogP contribution in [0.25, 0.3) is 0 Å². The maximum absolute atomic E-state index is 12.3. The van der Waals surface area contributed by atoms with Crippen molar-refractivity contribution in [2.75, 3.05) is 7.11 Å². The van der Waals surface area contributed by atoms with Gasteiger partial charge in [0.2, 0.25) is 0 Å². The number of esters is 1. The van der Waals surface area contributed by atoms with Gasteiger partial charge in [0, 0.05) is 12.0 Å². The lowest BCUT2D eigenvalue weighted by atomic mass is 9.99. The van der Waals surface area contributed by atoms with Gasteiger partial charge in [-0.1, -0.05) is 31.2 Å². The van der Waals surface area contributed by atoms with Gasteiger partial charge in [0.15, 0.2) is 5.78 Å². The summed E-state index contributed by atoms with van der Waals surface area (Å²) in [6.07, 6.45) is 0.0989. The number of halogens is 1. The minimum absolute atomic E-state index is 0.0989. The maximum atomic E-state index is 12.3. The van der Waals surface area contributed by atoms with Crippen LogP contribution in [0.1, 0.15) is 29.3 Å². The SMILES string of the molecule is COC(=O)C(C)CC(=O)c1ccc(CF)cc1. The van der Waals surface area contributed by atoms with E-state index in [0.717, 1.165) is 0 Å². The van der Waals surface area contributed by atoms with Crippen LogP contribution in [0.5, 0.6) is 0 Å². The summed E-state index contributed by atoms with van der Waals surface area (Å²) >= 11 is 0. The van der Waals surface area contributed by atoms with Gasteiger partial charge in [-0.3, -0.25) is 9.59 Å². The van der Waals surface area contributed by atoms with E-state index < -0.39 is 18.6 Å². The number of carbonyl (C=O) groups excluding carboxylic acids is 2. The maximum Gasteiger partial charge on any atom is 0.308 e. The van der Waals surface area contributed by atoms with Crippen LogP contribution in [0.3, 0.4) is 0 Å². The number of ketones is 1. The van der Waals surface area contributed by atoms with E-state index in [4.69, 9.17) is 0 Å². The summed E-state index contributed by atoms with van der Waals surface area (Å²) in [5, 5.41) is 0. The number of ether oxygens (including phenoxy) is 1. The molecule has 0 heterocycles. The van der Waals surface area contributed by atoms with E-state index in [0.29, 0.717) is 11.1 Å². The molecular weight excluding hydrogens is 223 g/mol. The first kappa shape index (κ1) is 13.4. The molecule has 1 aromatic rings. The lowest BCUT2D eigenvalue weighted by Crippen LogP contribution is -2.16. The summed E-state index contributed by atoms with van der Waals surface area (Å²) in [5.41, 5.74) is 1.01. The van der Waals surface area contributed by atoms with Crippen LogP contribution in [0.2, 0.25) is 0 Å². The second kappa shape index (κ2) is 6.13. The molecule has 0 radical (unpaired) electrons. The molecule has 0 saturated carbocycles. The van der Waals surface area contributed by atoms with Crippen LogP contribution in [-0.2, 0) is 16.2 Å². The third-order valence-electron chi connectivity index (χ3n) is 2.53. The second-order valence-electron chi connectivity index (χ2n) is 3.88. The van der Waals surface area contributed by atoms with E-state index in [1.165, 1.54) is 7.11 Å². The number of hydrogen-bond acceptors (Lipinski definition) is 3. The fourth-order valence-corrected chi connectivity index (χ4v) is 1.46. The molecule has 1 unspecified atom stereocenters. The molecule has 0 spiro atoms. The largest absolute Gasteiger partial charge is 0.469 e. The number of carbonyl (C=O) groups is 2. The van der Waals surface area contributed by atoms with E-state index in [1.54, 1.807) is 31.2 Å². The fourth-order valence-electron chi connectivity index (χ4n) is 1.46. The van der Waals surface area contributed by atoms with Crippen molar-refractivity contribution >= 4 is 11.8 Å². The summed E-state index contributed by atoms with van der Waals surface area (Å²) in [6.45, 7) is 1.09. The van der Waals surface area contributed by atoms with Crippen molar-refractivity contribution < 1.29 is 18.7 Å². The first-order chi connectivity index (χ1) is 8.08. The van der Waals surface area contributed by atoms with Crippen LogP contribution in [0.4, 0.5) is 4.39 Å². The standard InChI is InChI=1S/C13H15FO3/c1-9(13(16)17-2)7-12(15)11-5-3-10(8-14)4-6-11/h3-6,9H,7-8H2,1-2H3. The van der Waals surface area contributed by atoms with Gasteiger partial charge in [0.25, 0.3) is 0 Å². The van der Waals surface area contributed by atoms with Crippen molar-refractivity contribution in [1.29, 1.82) is 0 Å². The molecule has 0 aliphatic heterocycles. The predicted octanol–water partition coefficient (Wildman–Crippen LogP) is 2.54. The fraction of sp³-hybridized carbons (Fsp3) is 0.385. The van der Waals surface area contributed by atoms with Gasteiger partial charge in [-0.05, 0) is 5.56 Å². The minimum atomic E-state index is -0.549. The monoisotopic (exact) mass is 238 g/mol. The zero-order valence-corrected chi connectivity index (χ0v) is 9.90. The summed E-state index contributed by atoms with van der Waals surface area (Å²) < 4.78 is 16.8. The van der Waals surface area contributed by atoms with Crippen molar-refractivity contribution in [3.8, 4) is 0 Å². The number of benzene rings is 1. The third-order valence-corrected chi connectivity index (χ3v) is 2.53. The molecule has 1 atom stereocenters. The second-order valence-corrected chi connectivity index (χ2v) is 3.88. The Morgan fingerprint density at radius 1 is 1.29 bits per heavy atom. The van der Waals surface area contributed by atoms with E-state index in [1.807, 2.05) is 0 Å². The molecule has 1 rings (SSSR count). The Balaban J connectivity index is 2.66. The summed E-state index contributed by atoms with van der Waals surface area (Å²) in [4.78, 5) is 22.9. The minimum Gasteiger partial charge on any atom is -0.469 e. The lowest BCUT2D eigenvalue weighted by molar-refractivity contribution is -0.144. The zero-order valence-electron chi connectivity index (χ0n) is 9.90. The van der Waals surface area contributed by atoms with Gasteiger partial charge in [0.05, 0.1) is 13.0 Å². The quantitative estimate of drug-likeness (QED) is 0.585. The number of methoxy groups -OCH3 is 1. The Hall–Kier alpha value is -1.71. The predicted molar refractivity (Wildman–Crippen MR) is 61.4 cm³/mol. The number of hydrogen-bond donors (Lipinski definition) is 0. The highest BCUT2D eigenvalue weighted by atomic mass is 19.1. The van der Waals surface area contributed by atoms with Crippen LogP contribution in [0, 0.1) is 5.92 Å². The van der Waals surface area contributed by atoms with E-state index in [9.17, 15) is 14.0 Å². The van der Waals surface area contributed by atoms with E-state index in [2.05, 4.69) is 4.74 Å². The topological polar surface area (TPSA) is 43.4 Å². The van der Waals surface area contributed by atoms with Crippen molar-refractivity contribution in [2.24, 2.45) is 5.92 Å². The van der Waals surface area contributed by atoms with Gasteiger partial charge in [-0.25, -0.2) is 4.39 Å². The van der Waals surface area contributed by atoms with Gasteiger partial charge >= 0.3 is 5.97 Å². The molecule has 1 aromatic carbocycles. The zero-order chi connectivity index (χ0) is 12.8. The van der Waals surface area contributed by atoms with Gasteiger partial charge < -0.3 is 4.74 Å². The van der Waals surface area contributed by atoms with Crippen LogP contribution in [0.15, 0.2) is 24.3 Å². The molecule has 4 heteroatoms.